The van der Waals surface area contributed by atoms with Gasteiger partial charge in [-0.1, -0.05) is 11.6 Å². The molecule has 1 amide bonds. The second-order valence-electron chi connectivity index (χ2n) is 3.82. The van der Waals surface area contributed by atoms with Crippen LogP contribution in [0.1, 0.15) is 23.7 Å². The fraction of sp³-hybridized carbons (Fsp3) is 0.417. The molecule has 2 N–H and O–H groups in total. The van der Waals surface area contributed by atoms with Crippen LogP contribution in [0.3, 0.4) is 0 Å². The predicted molar refractivity (Wildman–Crippen MR) is 66.5 cm³/mol. The lowest BCUT2D eigenvalue weighted by molar-refractivity contribution is 0.0927. The maximum atomic E-state index is 11.8. The number of nitrogens with one attached hydrogen (secondary N) is 1. The van der Waals surface area contributed by atoms with Gasteiger partial charge in [0.2, 0.25) is 0 Å². The van der Waals surface area contributed by atoms with Gasteiger partial charge in [-0.2, -0.15) is 0 Å². The van der Waals surface area contributed by atoms with Crippen LogP contribution in [0.4, 0.5) is 0 Å². The second kappa shape index (κ2) is 6.47. The third-order valence-corrected chi connectivity index (χ3v) is 2.57. The Morgan fingerprint density at radius 3 is 2.88 bits per heavy atom. The third-order valence-electron chi connectivity index (χ3n) is 2.34. The van der Waals surface area contributed by atoms with Gasteiger partial charge in [0.05, 0.1) is 5.56 Å². The Balaban J connectivity index is 2.63. The lowest BCUT2D eigenvalue weighted by atomic mass is 10.1. The molecule has 0 aromatic heterocycles. The van der Waals surface area contributed by atoms with Crippen molar-refractivity contribution in [1.82, 2.24) is 5.32 Å². The van der Waals surface area contributed by atoms with Gasteiger partial charge in [-0.3, -0.25) is 4.79 Å². The summed E-state index contributed by atoms with van der Waals surface area (Å²) < 4.78 is 4.92. The highest BCUT2D eigenvalue weighted by atomic mass is 35.5. The zero-order valence-corrected chi connectivity index (χ0v) is 10.6. The zero-order chi connectivity index (χ0) is 12.8. The van der Waals surface area contributed by atoms with Crippen LogP contribution < -0.4 is 5.32 Å². The predicted octanol–water partition coefficient (Wildman–Crippen LogP) is 2.20. The number of amides is 1. The second-order valence-corrected chi connectivity index (χ2v) is 4.25. The maximum absolute atomic E-state index is 11.8. The summed E-state index contributed by atoms with van der Waals surface area (Å²) in [4.78, 5) is 11.8. The summed E-state index contributed by atoms with van der Waals surface area (Å²) in [6, 6.07) is 4.39. The Morgan fingerprint density at radius 1 is 1.59 bits per heavy atom. The maximum Gasteiger partial charge on any atom is 0.255 e. The van der Waals surface area contributed by atoms with Gasteiger partial charge in [0.25, 0.3) is 5.91 Å². The average Bonchev–Trinajstić information content (AvgIpc) is 2.26. The summed E-state index contributed by atoms with van der Waals surface area (Å²) in [6.07, 6.45) is 0.719. The number of phenolic OH excluding ortho intramolecular Hbond substituents is 1. The molecule has 0 heterocycles. The van der Waals surface area contributed by atoms with Gasteiger partial charge in [0.1, 0.15) is 5.75 Å². The highest BCUT2D eigenvalue weighted by molar-refractivity contribution is 6.30. The van der Waals surface area contributed by atoms with E-state index in [4.69, 9.17) is 16.3 Å². The Labute approximate surface area is 106 Å². The molecule has 5 heteroatoms. The lowest BCUT2D eigenvalue weighted by Gasteiger charge is -2.13. The smallest absolute Gasteiger partial charge is 0.255 e. The summed E-state index contributed by atoms with van der Waals surface area (Å²) in [5.41, 5.74) is 0.221. The van der Waals surface area contributed by atoms with E-state index in [1.165, 1.54) is 12.1 Å². The lowest BCUT2D eigenvalue weighted by Crippen LogP contribution is -2.33. The summed E-state index contributed by atoms with van der Waals surface area (Å²) >= 11 is 5.69. The molecule has 1 unspecified atom stereocenters. The molecule has 0 fully saturated rings. The van der Waals surface area contributed by atoms with Crippen LogP contribution in [0, 0.1) is 0 Å². The van der Waals surface area contributed by atoms with Crippen molar-refractivity contribution in [1.29, 1.82) is 0 Å². The number of halogens is 1. The van der Waals surface area contributed by atoms with E-state index >= 15 is 0 Å². The van der Waals surface area contributed by atoms with Gasteiger partial charge in [0, 0.05) is 24.8 Å². The molecule has 0 saturated carbocycles. The number of rotatable bonds is 5. The van der Waals surface area contributed by atoms with E-state index in [9.17, 15) is 9.90 Å². The van der Waals surface area contributed by atoms with E-state index in [0.717, 1.165) is 6.42 Å². The fourth-order valence-corrected chi connectivity index (χ4v) is 1.53. The number of hydrogen-bond donors (Lipinski definition) is 2. The van der Waals surface area contributed by atoms with Crippen LogP contribution in [0.5, 0.6) is 5.75 Å². The molecule has 17 heavy (non-hydrogen) atoms. The van der Waals surface area contributed by atoms with Crippen LogP contribution in [-0.2, 0) is 4.74 Å². The number of hydrogen-bond acceptors (Lipinski definition) is 3. The molecule has 1 aromatic carbocycles. The molecule has 4 nitrogen and oxygen atoms in total. The third kappa shape index (κ3) is 4.24. The molecule has 0 aliphatic rings. The molecule has 0 aliphatic carbocycles. The highest BCUT2D eigenvalue weighted by Crippen LogP contribution is 2.21. The first-order valence-corrected chi connectivity index (χ1v) is 5.70. The molecular formula is C12H16ClNO3. The largest absolute Gasteiger partial charge is 0.507 e. The van der Waals surface area contributed by atoms with Gasteiger partial charge in [-0.05, 0) is 31.5 Å². The van der Waals surface area contributed by atoms with Crippen LogP contribution >= 0.6 is 11.6 Å². The summed E-state index contributed by atoms with van der Waals surface area (Å²) in [5.74, 6) is -0.434. The van der Waals surface area contributed by atoms with Gasteiger partial charge in [0.15, 0.2) is 0 Å². The van der Waals surface area contributed by atoms with Crippen molar-refractivity contribution in [2.45, 2.75) is 19.4 Å². The molecule has 1 aromatic rings. The summed E-state index contributed by atoms with van der Waals surface area (Å²) in [5, 5.41) is 12.7. The Bertz CT molecular complexity index is 395. The normalized spacial score (nSPS) is 12.2. The van der Waals surface area contributed by atoms with Crippen molar-refractivity contribution >= 4 is 17.5 Å². The average molecular weight is 258 g/mol. The fourth-order valence-electron chi connectivity index (χ4n) is 1.37. The number of ether oxygens (including phenoxy) is 1. The van der Waals surface area contributed by atoms with E-state index in [1.54, 1.807) is 13.2 Å². The van der Waals surface area contributed by atoms with E-state index in [-0.39, 0.29) is 23.3 Å². The number of aromatic hydroxyl groups is 1. The van der Waals surface area contributed by atoms with Crippen molar-refractivity contribution in [3.63, 3.8) is 0 Å². The molecule has 1 rings (SSSR count). The molecule has 0 radical (unpaired) electrons. The van der Waals surface area contributed by atoms with Crippen LogP contribution in [0.2, 0.25) is 5.02 Å². The van der Waals surface area contributed by atoms with Gasteiger partial charge in [-0.15, -0.1) is 0 Å². The monoisotopic (exact) mass is 257 g/mol. The Kier molecular flexibility index (Phi) is 5.25. The molecule has 0 aliphatic heterocycles. The van der Waals surface area contributed by atoms with Crippen molar-refractivity contribution in [2.75, 3.05) is 13.7 Å². The quantitative estimate of drug-likeness (QED) is 0.850. The van der Waals surface area contributed by atoms with Gasteiger partial charge < -0.3 is 15.2 Å². The Hall–Kier alpha value is -1.26. The van der Waals surface area contributed by atoms with Gasteiger partial charge >= 0.3 is 0 Å². The minimum Gasteiger partial charge on any atom is -0.507 e. The number of carbonyl (C=O) groups is 1. The first kappa shape index (κ1) is 13.8. The van der Waals surface area contributed by atoms with Crippen molar-refractivity contribution in [2.24, 2.45) is 0 Å². The van der Waals surface area contributed by atoms with Crippen molar-refractivity contribution < 1.29 is 14.6 Å². The molecule has 0 spiro atoms. The number of carbonyl (C=O) groups excluding carboxylic acids is 1. The van der Waals surface area contributed by atoms with E-state index in [1.807, 2.05) is 6.92 Å². The SMILES string of the molecule is COCCC(C)NC(=O)c1ccc(Cl)cc1O. The van der Waals surface area contributed by atoms with Crippen molar-refractivity contribution in [3.05, 3.63) is 28.8 Å². The van der Waals surface area contributed by atoms with Crippen molar-refractivity contribution in [3.8, 4) is 5.75 Å². The highest BCUT2D eigenvalue weighted by Gasteiger charge is 2.13. The Morgan fingerprint density at radius 2 is 2.29 bits per heavy atom. The minimum atomic E-state index is -0.317. The molecular weight excluding hydrogens is 242 g/mol. The van der Waals surface area contributed by atoms with E-state index in [2.05, 4.69) is 5.32 Å². The van der Waals surface area contributed by atoms with Gasteiger partial charge in [-0.25, -0.2) is 0 Å². The molecule has 94 valence electrons. The molecule has 0 saturated heterocycles. The van der Waals surface area contributed by atoms with E-state index in [0.29, 0.717) is 11.6 Å². The zero-order valence-electron chi connectivity index (χ0n) is 9.87. The summed E-state index contributed by atoms with van der Waals surface area (Å²) in [6.45, 7) is 2.46. The van der Waals surface area contributed by atoms with E-state index < -0.39 is 0 Å². The van der Waals surface area contributed by atoms with Crippen LogP contribution in [0.15, 0.2) is 18.2 Å². The number of phenols is 1. The minimum absolute atomic E-state index is 0.0162. The molecule has 1 atom stereocenters. The summed E-state index contributed by atoms with van der Waals surface area (Å²) in [7, 11) is 1.61. The first-order valence-electron chi connectivity index (χ1n) is 5.33. The topological polar surface area (TPSA) is 58.6 Å². The first-order chi connectivity index (χ1) is 8.04. The van der Waals surface area contributed by atoms with Crippen LogP contribution in [-0.4, -0.2) is 30.8 Å². The molecule has 0 bridgehead atoms. The standard InChI is InChI=1S/C12H16ClNO3/c1-8(5-6-17-2)14-12(16)10-4-3-9(13)7-11(10)15/h3-4,7-8,15H,5-6H2,1-2H3,(H,14,16). The number of methoxy groups -OCH3 is 1. The number of benzene rings is 1. The van der Waals surface area contributed by atoms with Crippen LogP contribution in [0.25, 0.3) is 0 Å².